The number of halogens is 3. The Bertz CT molecular complexity index is 1960. The normalized spacial score (nSPS) is 14.6. The SMILES string of the molecule is CCOC(=O)c1cc2c(cc1Cl)n(CC)c(C=CC=C1N(CC)c3cc(Br)c(Br)cc3N1CCCS(=O)(=O)[O-])[n+]2CCCS(=O)(=O)[O-]. The highest BCUT2D eigenvalue weighted by atomic mass is 79.9. The van der Waals surface area contributed by atoms with Gasteiger partial charge < -0.3 is 23.6 Å². The Morgan fingerprint density at radius 3 is 2.13 bits per heavy atom. The van der Waals surface area contributed by atoms with Crippen molar-refractivity contribution in [3.8, 4) is 0 Å². The summed E-state index contributed by atoms with van der Waals surface area (Å²) in [7, 11) is -8.85. The molecular weight excluding hydrogens is 804 g/mol. The number of hydrogen-bond donors (Lipinski definition) is 0. The molecule has 0 aliphatic carbocycles. The van der Waals surface area contributed by atoms with Crippen molar-refractivity contribution in [1.82, 2.24) is 4.57 Å². The van der Waals surface area contributed by atoms with Crippen LogP contribution in [-0.4, -0.2) is 67.7 Å². The first-order valence-corrected chi connectivity index (χ1v) is 19.9. The second-order valence-corrected chi connectivity index (χ2v) is 15.7. The molecule has 47 heavy (non-hydrogen) atoms. The summed E-state index contributed by atoms with van der Waals surface area (Å²) < 4.78 is 79.0. The smallest absolute Gasteiger partial charge is 0.339 e. The highest BCUT2D eigenvalue weighted by Gasteiger charge is 2.31. The average Bonchev–Trinajstić information content (AvgIpc) is 3.41. The van der Waals surface area contributed by atoms with E-state index >= 15 is 0 Å². The average molecular weight is 838 g/mol. The Morgan fingerprint density at radius 1 is 0.936 bits per heavy atom. The van der Waals surface area contributed by atoms with Crippen molar-refractivity contribution in [2.24, 2.45) is 0 Å². The third-order valence-electron chi connectivity index (χ3n) is 7.52. The van der Waals surface area contributed by atoms with Gasteiger partial charge in [-0.15, -0.1) is 0 Å². The molecule has 0 unspecified atom stereocenters. The van der Waals surface area contributed by atoms with Gasteiger partial charge >= 0.3 is 5.97 Å². The number of aryl methyl sites for hydroxylation is 2. The molecule has 0 N–H and O–H groups in total. The van der Waals surface area contributed by atoms with E-state index < -0.39 is 37.7 Å². The van der Waals surface area contributed by atoms with Crippen molar-refractivity contribution >= 4 is 98.2 Å². The van der Waals surface area contributed by atoms with E-state index in [9.17, 15) is 30.7 Å². The molecule has 17 heteroatoms. The molecule has 0 amide bonds. The first-order valence-electron chi connectivity index (χ1n) is 14.8. The zero-order valence-corrected chi connectivity index (χ0v) is 31.5. The van der Waals surface area contributed by atoms with Crippen LogP contribution in [0.15, 0.2) is 51.2 Å². The summed E-state index contributed by atoms with van der Waals surface area (Å²) in [5, 5.41) is 0.199. The summed E-state index contributed by atoms with van der Waals surface area (Å²) in [6.07, 6.45) is 5.69. The Balaban J connectivity index is 1.84. The van der Waals surface area contributed by atoms with Crippen molar-refractivity contribution in [3.63, 3.8) is 0 Å². The predicted molar refractivity (Wildman–Crippen MR) is 186 cm³/mol. The minimum absolute atomic E-state index is 0.0394. The van der Waals surface area contributed by atoms with Gasteiger partial charge in [0.1, 0.15) is 5.82 Å². The molecule has 1 aromatic heterocycles. The molecule has 256 valence electrons. The number of esters is 1. The minimum atomic E-state index is -4.46. The van der Waals surface area contributed by atoms with Gasteiger partial charge in [0, 0.05) is 51.7 Å². The van der Waals surface area contributed by atoms with Gasteiger partial charge in [-0.2, -0.15) is 0 Å². The third-order valence-corrected chi connectivity index (χ3v) is 11.3. The van der Waals surface area contributed by atoms with Crippen LogP contribution in [0.2, 0.25) is 5.02 Å². The molecule has 1 aliphatic heterocycles. The van der Waals surface area contributed by atoms with Crippen molar-refractivity contribution in [3.05, 3.63) is 67.6 Å². The molecule has 0 saturated carbocycles. The Hall–Kier alpha value is -2.47. The van der Waals surface area contributed by atoms with Gasteiger partial charge in [0.2, 0.25) is 0 Å². The number of anilines is 2. The number of ether oxygens (including phenoxy) is 1. The maximum atomic E-state index is 12.7. The quantitative estimate of drug-likeness (QED) is 0.118. The van der Waals surface area contributed by atoms with Crippen molar-refractivity contribution in [2.45, 2.75) is 46.7 Å². The number of nitrogens with zero attached hydrogens (tertiary/aromatic N) is 4. The number of carbonyl (C=O) groups excluding carboxylic acids is 1. The van der Waals surface area contributed by atoms with Crippen LogP contribution < -0.4 is 14.4 Å². The van der Waals surface area contributed by atoms with Crippen LogP contribution in [0.5, 0.6) is 0 Å². The lowest BCUT2D eigenvalue weighted by Gasteiger charge is -2.24. The molecule has 0 saturated heterocycles. The van der Waals surface area contributed by atoms with Crippen molar-refractivity contribution in [2.75, 3.05) is 41.0 Å². The number of benzene rings is 2. The Kier molecular flexibility index (Phi) is 12.2. The van der Waals surface area contributed by atoms with E-state index in [4.69, 9.17) is 16.3 Å². The van der Waals surface area contributed by atoms with E-state index in [-0.39, 0.29) is 43.1 Å². The molecule has 2 aromatic carbocycles. The fraction of sp³-hybridized carbons (Fsp3) is 0.400. The number of imidazole rings is 1. The van der Waals surface area contributed by atoms with Crippen LogP contribution >= 0.6 is 43.5 Å². The Labute approximate surface area is 296 Å². The molecule has 0 radical (unpaired) electrons. The molecule has 1 aliphatic rings. The fourth-order valence-corrected chi connectivity index (χ4v) is 7.47. The highest BCUT2D eigenvalue weighted by Crippen LogP contribution is 2.45. The molecular formula is C30H34Br2ClN4O8S2-. The first kappa shape index (κ1) is 37.4. The summed E-state index contributed by atoms with van der Waals surface area (Å²) in [5.74, 6) is -0.247. The Morgan fingerprint density at radius 2 is 1.55 bits per heavy atom. The van der Waals surface area contributed by atoms with E-state index in [0.29, 0.717) is 29.9 Å². The summed E-state index contributed by atoms with van der Waals surface area (Å²) in [6.45, 7) is 7.28. The number of hydrogen-bond acceptors (Lipinski definition) is 10. The maximum absolute atomic E-state index is 12.7. The first-order chi connectivity index (χ1) is 22.1. The van der Waals surface area contributed by atoms with Crippen LogP contribution in [-0.2, 0) is 38.1 Å². The molecule has 12 nitrogen and oxygen atoms in total. The van der Waals surface area contributed by atoms with Gasteiger partial charge in [-0.1, -0.05) is 17.7 Å². The highest BCUT2D eigenvalue weighted by molar-refractivity contribution is 9.13. The van der Waals surface area contributed by atoms with E-state index in [1.165, 1.54) is 0 Å². The fourth-order valence-electron chi connectivity index (χ4n) is 5.61. The second-order valence-electron chi connectivity index (χ2n) is 10.6. The van der Waals surface area contributed by atoms with Crippen molar-refractivity contribution < 1.29 is 40.0 Å². The largest absolute Gasteiger partial charge is 0.748 e. The topological polar surface area (TPSA) is 156 Å². The lowest BCUT2D eigenvalue weighted by molar-refractivity contribution is -0.673. The molecule has 0 bridgehead atoms. The van der Waals surface area contributed by atoms with Gasteiger partial charge in [-0.3, -0.25) is 0 Å². The zero-order valence-electron chi connectivity index (χ0n) is 25.9. The molecule has 2 heterocycles. The van der Waals surface area contributed by atoms with Gasteiger partial charge in [0.05, 0.1) is 61.9 Å². The number of fused-ring (bicyclic) bond motifs is 2. The van der Waals surface area contributed by atoms with E-state index in [1.54, 1.807) is 19.1 Å². The number of rotatable bonds is 14. The van der Waals surface area contributed by atoms with Crippen LogP contribution in [0, 0.1) is 0 Å². The van der Waals surface area contributed by atoms with Crippen LogP contribution in [0.3, 0.4) is 0 Å². The van der Waals surface area contributed by atoms with E-state index in [2.05, 4.69) is 36.8 Å². The zero-order chi connectivity index (χ0) is 34.7. The van der Waals surface area contributed by atoms with Gasteiger partial charge in [-0.05, 0) is 83.7 Å². The monoisotopic (exact) mass is 835 g/mol. The summed E-state index contributed by atoms with van der Waals surface area (Å²) in [6, 6.07) is 7.16. The molecule has 0 fully saturated rings. The maximum Gasteiger partial charge on any atom is 0.339 e. The number of carbonyl (C=O) groups is 1. The molecule has 3 aromatic rings. The summed E-state index contributed by atoms with van der Waals surface area (Å²) >= 11 is 13.6. The van der Waals surface area contributed by atoms with Gasteiger partial charge in [-0.25, -0.2) is 30.8 Å². The predicted octanol–water partition coefficient (Wildman–Crippen LogP) is 5.38. The lowest BCUT2D eigenvalue weighted by atomic mass is 10.2. The molecule has 4 rings (SSSR count). The van der Waals surface area contributed by atoms with Gasteiger partial charge in [0.25, 0.3) is 5.82 Å². The number of allylic oxidation sites excluding steroid dienone is 2. The molecule has 0 atom stereocenters. The second kappa shape index (κ2) is 15.4. The van der Waals surface area contributed by atoms with Crippen LogP contribution in [0.4, 0.5) is 11.4 Å². The minimum Gasteiger partial charge on any atom is -0.748 e. The van der Waals surface area contributed by atoms with Crippen LogP contribution in [0.1, 0.15) is 49.8 Å². The summed E-state index contributed by atoms with van der Waals surface area (Å²) in [5.41, 5.74) is 3.19. The summed E-state index contributed by atoms with van der Waals surface area (Å²) in [4.78, 5) is 16.7. The van der Waals surface area contributed by atoms with Crippen molar-refractivity contribution in [1.29, 1.82) is 0 Å². The standard InChI is InChI=1S/C30H35Br2ClN4O8S2/c1-4-34-25-17-21(31)22(32)18-26(25)37(13-9-15-47(42,43)44)28(34)10-7-11-29-35(5-2)27-19-23(33)20(30(38)45-6-3)16-24(27)36(29)12-8-14-46(39,40)41/h7,10-11,16-19H,4-6,8-9,12-15H2,1-3H3,(H-,39,40,41,42,43,44)/p-1. The van der Waals surface area contributed by atoms with E-state index in [0.717, 1.165) is 26.1 Å². The lowest BCUT2D eigenvalue weighted by Crippen LogP contribution is -2.37. The van der Waals surface area contributed by atoms with E-state index in [1.807, 2.05) is 58.2 Å². The van der Waals surface area contributed by atoms with Crippen LogP contribution in [0.25, 0.3) is 17.1 Å². The van der Waals surface area contributed by atoms with Gasteiger partial charge in [0.15, 0.2) is 11.0 Å². The number of aromatic nitrogens is 2. The molecule has 0 spiro atoms. The third kappa shape index (κ3) is 8.77.